The Morgan fingerprint density at radius 1 is 1.24 bits per heavy atom. The van der Waals surface area contributed by atoms with Crippen LogP contribution in [-0.4, -0.2) is 58.1 Å². The second-order valence-corrected chi connectivity index (χ2v) is 12.3. The Bertz CT molecular complexity index is 1690. The minimum atomic E-state index is -1.47. The average molecular weight is 773 g/mol. The lowest BCUT2D eigenvalue weighted by molar-refractivity contribution is -0.129. The van der Waals surface area contributed by atoms with E-state index in [0.717, 1.165) is 42.9 Å². The van der Waals surface area contributed by atoms with E-state index in [1.165, 1.54) is 54.4 Å². The van der Waals surface area contributed by atoms with Crippen LogP contribution in [0, 0.1) is 18.2 Å². The zero-order valence-electron chi connectivity index (χ0n) is 26.6. The summed E-state index contributed by atoms with van der Waals surface area (Å²) in [6.07, 6.45) is 7.42. The second-order valence-electron chi connectivity index (χ2n) is 11.3. The van der Waals surface area contributed by atoms with Gasteiger partial charge in [-0.3, -0.25) is 24.4 Å². The molecular weight excluding hydrogens is 730 g/mol. The van der Waals surface area contributed by atoms with E-state index < -0.39 is 28.5 Å². The number of ether oxygens (including phenoxy) is 1. The molecule has 1 saturated carbocycles. The first-order chi connectivity index (χ1) is 21.4. The predicted octanol–water partition coefficient (Wildman–Crippen LogP) is 4.34. The summed E-state index contributed by atoms with van der Waals surface area (Å²) in [6.45, 7) is 6.01. The van der Waals surface area contributed by atoms with Crippen LogP contribution in [0.4, 0.5) is 9.39 Å². The van der Waals surface area contributed by atoms with Gasteiger partial charge in [0.2, 0.25) is 5.91 Å². The molecule has 0 unspecified atom stereocenters. The van der Waals surface area contributed by atoms with Gasteiger partial charge in [0, 0.05) is 24.4 Å². The van der Waals surface area contributed by atoms with Gasteiger partial charge in [0.15, 0.2) is 5.78 Å². The van der Waals surface area contributed by atoms with Crippen molar-refractivity contribution in [1.82, 2.24) is 14.5 Å². The SMILES string of the molecule is CC(=O)CO.COc1ccc(F)cc1CCn1c(=O)n(C(C)(C)C(=O)NC2CCCCC2)c(=O)c2c(C)c(N/N=C\C=N)sc21.I. The number of aliphatic hydroxyl groups is 1. The number of nitrogens with zero attached hydrogens (tertiary/aromatic N) is 3. The van der Waals surface area contributed by atoms with Crippen molar-refractivity contribution in [2.75, 3.05) is 19.1 Å². The molecule has 2 aromatic heterocycles. The van der Waals surface area contributed by atoms with Crippen LogP contribution < -0.4 is 26.7 Å². The van der Waals surface area contributed by atoms with Crippen LogP contribution in [0.15, 0.2) is 32.9 Å². The molecule has 252 valence electrons. The number of methoxy groups -OCH3 is 1. The Morgan fingerprint density at radius 3 is 2.48 bits per heavy atom. The van der Waals surface area contributed by atoms with E-state index in [9.17, 15) is 23.6 Å². The first-order valence-corrected chi connectivity index (χ1v) is 15.5. The minimum Gasteiger partial charge on any atom is -0.496 e. The molecule has 1 fully saturated rings. The zero-order chi connectivity index (χ0) is 33.3. The van der Waals surface area contributed by atoms with Crippen LogP contribution in [-0.2, 0) is 28.1 Å². The van der Waals surface area contributed by atoms with Crippen molar-refractivity contribution in [3.05, 3.63) is 56.0 Å². The maximum Gasteiger partial charge on any atom is 0.333 e. The Balaban J connectivity index is 0.00000114. The molecule has 0 aliphatic heterocycles. The highest BCUT2D eigenvalue weighted by Crippen LogP contribution is 2.33. The maximum absolute atomic E-state index is 14.1. The van der Waals surface area contributed by atoms with Gasteiger partial charge in [-0.25, -0.2) is 13.8 Å². The zero-order valence-corrected chi connectivity index (χ0v) is 29.8. The van der Waals surface area contributed by atoms with Gasteiger partial charge in [0.05, 0.1) is 18.7 Å². The van der Waals surface area contributed by atoms with Gasteiger partial charge in [-0.2, -0.15) is 5.10 Å². The van der Waals surface area contributed by atoms with Crippen molar-refractivity contribution in [2.45, 2.75) is 84.3 Å². The summed E-state index contributed by atoms with van der Waals surface area (Å²) < 4.78 is 21.9. The molecular formula is C31H42FIN6O6S. The number of Topliss-reactive ketones (excluding diaryl/α,β-unsaturated/α-hetero) is 1. The number of carbonyl (C=O) groups is 2. The van der Waals surface area contributed by atoms with Crippen LogP contribution in [0.2, 0.25) is 0 Å². The molecule has 12 nitrogen and oxygen atoms in total. The number of anilines is 1. The summed E-state index contributed by atoms with van der Waals surface area (Å²) in [4.78, 5) is 51.5. The fourth-order valence-corrected chi connectivity index (χ4v) is 6.33. The number of aryl methyl sites for hydroxylation is 3. The lowest BCUT2D eigenvalue weighted by Gasteiger charge is -2.30. The first-order valence-electron chi connectivity index (χ1n) is 14.7. The van der Waals surface area contributed by atoms with Crippen molar-refractivity contribution < 1.29 is 23.8 Å². The summed E-state index contributed by atoms with van der Waals surface area (Å²) in [5.41, 5.74) is 1.30. The van der Waals surface area contributed by atoms with Crippen molar-refractivity contribution in [2.24, 2.45) is 5.10 Å². The lowest BCUT2D eigenvalue weighted by Crippen LogP contribution is -2.57. The summed E-state index contributed by atoms with van der Waals surface area (Å²) in [7, 11) is 1.49. The van der Waals surface area contributed by atoms with E-state index in [-0.39, 0.29) is 55.4 Å². The quantitative estimate of drug-likeness (QED) is 0.128. The van der Waals surface area contributed by atoms with Crippen molar-refractivity contribution >= 4 is 74.7 Å². The van der Waals surface area contributed by atoms with Gasteiger partial charge in [-0.1, -0.05) is 30.6 Å². The largest absolute Gasteiger partial charge is 0.496 e. The lowest BCUT2D eigenvalue weighted by atomic mass is 9.94. The van der Waals surface area contributed by atoms with E-state index in [4.69, 9.17) is 15.3 Å². The Labute approximate surface area is 287 Å². The van der Waals surface area contributed by atoms with Gasteiger partial charge in [0.25, 0.3) is 5.56 Å². The fraction of sp³-hybridized carbons (Fsp3) is 0.484. The van der Waals surface area contributed by atoms with E-state index in [2.05, 4.69) is 15.8 Å². The molecule has 4 rings (SSSR count). The number of hydrazone groups is 1. The fourth-order valence-electron chi connectivity index (χ4n) is 5.16. The van der Waals surface area contributed by atoms with Crippen LogP contribution >= 0.6 is 35.3 Å². The number of aromatic nitrogens is 2. The summed E-state index contributed by atoms with van der Waals surface area (Å²) in [5, 5.41) is 22.8. The smallest absolute Gasteiger partial charge is 0.333 e. The summed E-state index contributed by atoms with van der Waals surface area (Å²) in [5.74, 6) is -0.527. The second kappa shape index (κ2) is 17.5. The highest BCUT2D eigenvalue weighted by Gasteiger charge is 2.36. The number of hydrogen-bond acceptors (Lipinski definition) is 10. The van der Waals surface area contributed by atoms with Crippen molar-refractivity contribution in [1.29, 1.82) is 5.41 Å². The molecule has 2 heterocycles. The highest BCUT2D eigenvalue weighted by atomic mass is 127. The van der Waals surface area contributed by atoms with Crippen molar-refractivity contribution in [3.63, 3.8) is 0 Å². The molecule has 0 bridgehead atoms. The Kier molecular flexibility index (Phi) is 14.7. The Morgan fingerprint density at radius 2 is 1.89 bits per heavy atom. The number of thiophene rings is 1. The molecule has 46 heavy (non-hydrogen) atoms. The number of amides is 1. The molecule has 0 radical (unpaired) electrons. The summed E-state index contributed by atoms with van der Waals surface area (Å²) >= 11 is 1.18. The molecule has 1 aromatic carbocycles. The number of rotatable bonds is 11. The topological polar surface area (TPSA) is 168 Å². The van der Waals surface area contributed by atoms with Crippen LogP contribution in [0.25, 0.3) is 10.2 Å². The number of aliphatic hydroxyl groups excluding tert-OH is 1. The predicted molar refractivity (Wildman–Crippen MR) is 190 cm³/mol. The minimum absolute atomic E-state index is 0. The third-order valence-corrected chi connectivity index (χ3v) is 8.87. The van der Waals surface area contributed by atoms with Gasteiger partial charge < -0.3 is 20.6 Å². The number of nitrogens with one attached hydrogen (secondary N) is 3. The van der Waals surface area contributed by atoms with E-state index in [1.807, 2.05) is 0 Å². The third kappa shape index (κ3) is 9.09. The molecule has 1 amide bonds. The standard InChI is InChI=1S/C28H35FN6O4S.C3H6O2.HI/c1-17-22-24(36)35(28(2,3)26(37)32-20-8-6-5-7-9-20)27(38)34(25(22)40-23(17)33-31-14-13-30)15-12-18-16-19(29)10-11-21(18)39-4;1-3(5)2-4;/h10-11,13-14,16,20,30,33H,5-9,12,15H2,1-4H3,(H,32,37);4H,2H2,1H3;1H/b30-13?,31-14-;;. The van der Waals surface area contributed by atoms with Gasteiger partial charge >= 0.3 is 5.69 Å². The highest BCUT2D eigenvalue weighted by molar-refractivity contribution is 14.0. The molecule has 1 aliphatic rings. The van der Waals surface area contributed by atoms with Crippen molar-refractivity contribution in [3.8, 4) is 5.75 Å². The number of hydrogen-bond donors (Lipinski definition) is 4. The average Bonchev–Trinajstić information content (AvgIpc) is 3.33. The van der Waals surface area contributed by atoms with Gasteiger partial charge in [-0.05, 0) is 70.7 Å². The molecule has 0 saturated heterocycles. The molecule has 3 aromatic rings. The van der Waals surface area contributed by atoms with E-state index in [0.29, 0.717) is 32.1 Å². The molecule has 0 spiro atoms. The van der Waals surface area contributed by atoms with Crippen LogP contribution in [0.1, 0.15) is 64.0 Å². The third-order valence-electron chi connectivity index (χ3n) is 7.65. The number of fused-ring (bicyclic) bond motifs is 1. The molecule has 15 heteroatoms. The van der Waals surface area contributed by atoms with Gasteiger partial charge in [-0.15, -0.1) is 24.0 Å². The number of halogens is 2. The van der Waals surface area contributed by atoms with Gasteiger partial charge in [0.1, 0.15) is 33.5 Å². The monoisotopic (exact) mass is 772 g/mol. The maximum atomic E-state index is 14.1. The van der Waals surface area contributed by atoms with Crippen LogP contribution in [0.3, 0.4) is 0 Å². The first kappa shape index (κ1) is 38.7. The molecule has 1 aliphatic carbocycles. The molecule has 4 N–H and O–H groups in total. The normalized spacial score (nSPS) is 13.5. The van der Waals surface area contributed by atoms with Crippen LogP contribution in [0.5, 0.6) is 5.75 Å². The number of ketones is 1. The number of carbonyl (C=O) groups excluding carboxylic acids is 2. The molecule has 0 atom stereocenters. The Hall–Kier alpha value is -3.44. The number of benzene rings is 1. The summed E-state index contributed by atoms with van der Waals surface area (Å²) in [6, 6.07) is 4.20. The van der Waals surface area contributed by atoms with E-state index >= 15 is 0 Å². The van der Waals surface area contributed by atoms with E-state index in [1.54, 1.807) is 20.8 Å².